The Morgan fingerprint density at radius 1 is 0.952 bits per heavy atom. The Labute approximate surface area is 139 Å². The first-order valence-electron chi connectivity index (χ1n) is 6.89. The summed E-state index contributed by atoms with van der Waals surface area (Å²) in [5, 5.41) is 0. The second kappa shape index (κ2) is 7.31. The van der Waals surface area contributed by atoms with Crippen LogP contribution in [0.2, 0.25) is 0 Å². The molecule has 1 aromatic heterocycles. The fraction of sp³-hybridized carbons (Fsp3) is 0.105. The largest absolute Gasteiger partial charge is 0.305 e. The van der Waals surface area contributed by atoms with Crippen molar-refractivity contribution in [2.45, 2.75) is 13.3 Å². The van der Waals surface area contributed by atoms with E-state index in [0.717, 1.165) is 17.7 Å². The Morgan fingerprint density at radius 3 is 2.52 bits per heavy atom. The van der Waals surface area contributed by atoms with Gasteiger partial charge in [-0.1, -0.05) is 48.9 Å². The molecule has 0 saturated heterocycles. The van der Waals surface area contributed by atoms with Crippen molar-refractivity contribution in [3.8, 4) is 22.4 Å². The van der Waals surface area contributed by atoms with Gasteiger partial charge in [-0.3, -0.25) is 0 Å². The Kier molecular flexibility index (Phi) is 5.44. The molecule has 0 spiro atoms. The number of aryl methyl sites for hydroxylation is 1. The van der Waals surface area contributed by atoms with Gasteiger partial charge in [-0.2, -0.15) is 0 Å². The van der Waals surface area contributed by atoms with E-state index in [0.29, 0.717) is 0 Å². The zero-order chi connectivity index (χ0) is 13.8. The molecule has 107 valence electrons. The summed E-state index contributed by atoms with van der Waals surface area (Å²) in [6, 6.07) is 24.1. The average molecular weight is 451 g/mol. The molecule has 0 amide bonds. The van der Waals surface area contributed by atoms with Gasteiger partial charge in [0, 0.05) is 26.3 Å². The van der Waals surface area contributed by atoms with Crippen LogP contribution in [0.4, 0.5) is 0 Å². The average Bonchev–Trinajstić information content (AvgIpc) is 2.56. The Bertz CT molecular complexity index is 708. The van der Waals surface area contributed by atoms with Crippen molar-refractivity contribution in [2.75, 3.05) is 0 Å². The second-order valence-electron chi connectivity index (χ2n) is 4.76. The quantitative estimate of drug-likeness (QED) is 0.524. The van der Waals surface area contributed by atoms with Crippen molar-refractivity contribution < 1.29 is 20.1 Å². The van der Waals surface area contributed by atoms with E-state index < -0.39 is 0 Å². The predicted octanol–water partition coefficient (Wildman–Crippen LogP) is 4.78. The fourth-order valence-electron chi connectivity index (χ4n) is 2.27. The van der Waals surface area contributed by atoms with Crippen molar-refractivity contribution in [3.05, 3.63) is 78.5 Å². The predicted molar refractivity (Wildman–Crippen MR) is 83.3 cm³/mol. The zero-order valence-electron chi connectivity index (χ0n) is 11.8. The number of hydrogen-bond acceptors (Lipinski definition) is 1. The van der Waals surface area contributed by atoms with Crippen molar-refractivity contribution >= 4 is 0 Å². The first-order valence-corrected chi connectivity index (χ1v) is 6.89. The van der Waals surface area contributed by atoms with Crippen LogP contribution in [0, 0.1) is 6.07 Å². The van der Waals surface area contributed by atoms with Crippen molar-refractivity contribution in [3.63, 3.8) is 0 Å². The van der Waals surface area contributed by atoms with E-state index >= 15 is 0 Å². The molecule has 0 saturated carbocycles. The SMILES string of the molecule is CCc1ccnc(-c2[c-]ccc(-c3ccccc3)c2)c1.[Ir]. The van der Waals surface area contributed by atoms with E-state index in [1.165, 1.54) is 16.7 Å². The summed E-state index contributed by atoms with van der Waals surface area (Å²) in [7, 11) is 0. The maximum Gasteiger partial charge on any atom is 0.0163 e. The molecule has 0 N–H and O–H groups in total. The van der Waals surface area contributed by atoms with Crippen LogP contribution in [0.1, 0.15) is 12.5 Å². The molecule has 1 heterocycles. The minimum atomic E-state index is 0. The number of aromatic nitrogens is 1. The molecule has 1 nitrogen and oxygen atoms in total. The smallest absolute Gasteiger partial charge is 0.0163 e. The van der Waals surface area contributed by atoms with Gasteiger partial charge in [-0.05, 0) is 23.7 Å². The summed E-state index contributed by atoms with van der Waals surface area (Å²) in [6.07, 6.45) is 2.89. The van der Waals surface area contributed by atoms with E-state index in [2.05, 4.69) is 66.5 Å². The summed E-state index contributed by atoms with van der Waals surface area (Å²) < 4.78 is 0. The van der Waals surface area contributed by atoms with E-state index in [1.54, 1.807) is 0 Å². The standard InChI is InChI=1S/C19H16N.Ir/c1-2-15-11-12-20-19(13-15)18-10-6-9-17(14-18)16-7-4-3-5-8-16;/h3-9,11-14H,2H2,1H3;/q-1;. The van der Waals surface area contributed by atoms with E-state index in [4.69, 9.17) is 0 Å². The third-order valence-electron chi connectivity index (χ3n) is 3.42. The van der Waals surface area contributed by atoms with Gasteiger partial charge in [0.15, 0.2) is 0 Å². The molecule has 1 radical (unpaired) electrons. The van der Waals surface area contributed by atoms with Crippen LogP contribution in [0.15, 0.2) is 66.9 Å². The van der Waals surface area contributed by atoms with Gasteiger partial charge in [-0.15, -0.1) is 35.4 Å². The molecule has 2 heteroatoms. The molecular formula is C19H16IrN-. The molecular weight excluding hydrogens is 434 g/mol. The van der Waals surface area contributed by atoms with Crippen molar-refractivity contribution in [1.29, 1.82) is 0 Å². The summed E-state index contributed by atoms with van der Waals surface area (Å²) in [4.78, 5) is 4.46. The van der Waals surface area contributed by atoms with E-state index in [9.17, 15) is 0 Å². The van der Waals surface area contributed by atoms with Gasteiger partial charge in [-0.25, -0.2) is 0 Å². The Hall–Kier alpha value is -1.76. The number of nitrogens with zero attached hydrogens (tertiary/aromatic N) is 1. The molecule has 0 aliphatic rings. The van der Waals surface area contributed by atoms with Gasteiger partial charge >= 0.3 is 0 Å². The molecule has 2 aromatic carbocycles. The summed E-state index contributed by atoms with van der Waals surface area (Å²) in [5.74, 6) is 0. The van der Waals surface area contributed by atoms with Crippen LogP contribution in [0.3, 0.4) is 0 Å². The number of rotatable bonds is 3. The molecule has 3 rings (SSSR count). The van der Waals surface area contributed by atoms with Gasteiger partial charge in [0.05, 0.1) is 0 Å². The molecule has 0 unspecified atom stereocenters. The van der Waals surface area contributed by atoms with Crippen LogP contribution < -0.4 is 0 Å². The Balaban J connectivity index is 0.00000161. The molecule has 0 fully saturated rings. The number of benzene rings is 2. The summed E-state index contributed by atoms with van der Waals surface area (Å²) >= 11 is 0. The minimum absolute atomic E-state index is 0. The third kappa shape index (κ3) is 3.66. The van der Waals surface area contributed by atoms with Crippen LogP contribution in [-0.2, 0) is 26.5 Å². The summed E-state index contributed by atoms with van der Waals surface area (Å²) in [6.45, 7) is 2.16. The maximum absolute atomic E-state index is 4.46. The van der Waals surface area contributed by atoms with Gasteiger partial charge in [0.2, 0.25) is 0 Å². The molecule has 21 heavy (non-hydrogen) atoms. The van der Waals surface area contributed by atoms with Crippen molar-refractivity contribution in [2.24, 2.45) is 0 Å². The zero-order valence-corrected chi connectivity index (χ0v) is 14.2. The van der Waals surface area contributed by atoms with Crippen LogP contribution in [0.25, 0.3) is 22.4 Å². The van der Waals surface area contributed by atoms with Gasteiger partial charge in [0.1, 0.15) is 0 Å². The van der Waals surface area contributed by atoms with Crippen LogP contribution in [-0.4, -0.2) is 4.98 Å². The summed E-state index contributed by atoms with van der Waals surface area (Å²) in [5.41, 5.74) is 5.75. The van der Waals surface area contributed by atoms with Gasteiger partial charge in [0.25, 0.3) is 0 Å². The van der Waals surface area contributed by atoms with Crippen LogP contribution >= 0.6 is 0 Å². The van der Waals surface area contributed by atoms with E-state index in [-0.39, 0.29) is 20.1 Å². The minimum Gasteiger partial charge on any atom is -0.305 e. The fourth-order valence-corrected chi connectivity index (χ4v) is 2.27. The monoisotopic (exact) mass is 451 g/mol. The number of hydrogen-bond donors (Lipinski definition) is 0. The molecule has 3 aromatic rings. The third-order valence-corrected chi connectivity index (χ3v) is 3.42. The number of pyridine rings is 1. The normalized spacial score (nSPS) is 9.95. The second-order valence-corrected chi connectivity index (χ2v) is 4.76. The van der Waals surface area contributed by atoms with Crippen molar-refractivity contribution in [1.82, 2.24) is 4.98 Å². The van der Waals surface area contributed by atoms with Crippen LogP contribution in [0.5, 0.6) is 0 Å². The first kappa shape index (κ1) is 15.6. The Morgan fingerprint density at radius 2 is 1.76 bits per heavy atom. The molecule has 0 aliphatic carbocycles. The molecule has 0 atom stereocenters. The van der Waals surface area contributed by atoms with E-state index in [1.807, 2.05) is 18.3 Å². The molecule has 0 bridgehead atoms. The maximum atomic E-state index is 4.46. The topological polar surface area (TPSA) is 12.9 Å². The van der Waals surface area contributed by atoms with Gasteiger partial charge < -0.3 is 4.98 Å². The first-order chi connectivity index (χ1) is 9.86. The molecule has 0 aliphatic heterocycles.